The van der Waals surface area contributed by atoms with Crippen LogP contribution in [0.1, 0.15) is 31.0 Å². The highest BCUT2D eigenvalue weighted by molar-refractivity contribution is 6.65. The lowest BCUT2D eigenvalue weighted by atomic mass is 10.2. The van der Waals surface area contributed by atoms with Crippen molar-refractivity contribution in [2.75, 3.05) is 25.6 Å². The van der Waals surface area contributed by atoms with E-state index in [4.69, 9.17) is 22.1 Å². The van der Waals surface area contributed by atoms with Gasteiger partial charge >= 0.3 is 6.09 Å². The van der Waals surface area contributed by atoms with Gasteiger partial charge in [0.15, 0.2) is 5.82 Å². The second-order valence-electron chi connectivity index (χ2n) is 7.00. The highest BCUT2D eigenvalue weighted by Crippen LogP contribution is 2.23. The number of aliphatic imine (C=N–C) groups is 1. The molecule has 0 atom stereocenters. The number of halogens is 1. The Kier molecular flexibility index (Phi) is 8.73. The number of aromatic nitrogens is 2. The Morgan fingerprint density at radius 1 is 1.33 bits per heavy atom. The molecule has 1 amide bonds. The van der Waals surface area contributed by atoms with Gasteiger partial charge in [-0.15, -0.1) is 0 Å². The molecule has 9 heteroatoms. The Labute approximate surface area is 182 Å². The number of carbonyl (C=O) groups is 1. The minimum absolute atomic E-state index is 0.323. The standard InChI is InChI=1S/C21H29ClN6O2/c1-15(23)19-20(26-16(2)22)28(14-25-19)11-5-6-12-30-21(29)24-13-17-7-9-18(10-8-17)27(3)4/h7-10,14H,1,5-6,11-13,23H2,2-4H3,(H,24,29)/b26-16+. The molecule has 0 aliphatic carbocycles. The van der Waals surface area contributed by atoms with Gasteiger partial charge in [-0.25, -0.2) is 14.8 Å². The summed E-state index contributed by atoms with van der Waals surface area (Å²) < 4.78 is 7.09. The van der Waals surface area contributed by atoms with E-state index in [0.717, 1.165) is 17.7 Å². The van der Waals surface area contributed by atoms with Crippen LogP contribution in [0.4, 0.5) is 16.3 Å². The van der Waals surface area contributed by atoms with Crippen LogP contribution in [0.15, 0.2) is 42.2 Å². The van der Waals surface area contributed by atoms with Crippen molar-refractivity contribution in [1.82, 2.24) is 14.9 Å². The minimum Gasteiger partial charge on any atom is -0.450 e. The summed E-state index contributed by atoms with van der Waals surface area (Å²) in [5.74, 6) is 0.578. The summed E-state index contributed by atoms with van der Waals surface area (Å²) in [7, 11) is 3.97. The van der Waals surface area contributed by atoms with Crippen molar-refractivity contribution >= 4 is 40.1 Å². The number of anilines is 1. The summed E-state index contributed by atoms with van der Waals surface area (Å²) in [6, 6.07) is 7.98. The smallest absolute Gasteiger partial charge is 0.407 e. The number of hydrogen-bond donors (Lipinski definition) is 2. The Hall–Kier alpha value is -3.00. The molecule has 0 aliphatic heterocycles. The van der Waals surface area contributed by atoms with Crippen LogP contribution < -0.4 is 16.0 Å². The minimum atomic E-state index is -0.431. The lowest BCUT2D eigenvalue weighted by molar-refractivity contribution is 0.143. The number of nitrogens with zero attached hydrogens (tertiary/aromatic N) is 4. The third-order valence-corrected chi connectivity index (χ3v) is 4.37. The topological polar surface area (TPSA) is 97.8 Å². The molecule has 162 valence electrons. The van der Waals surface area contributed by atoms with Crippen molar-refractivity contribution in [2.45, 2.75) is 32.9 Å². The van der Waals surface area contributed by atoms with Gasteiger partial charge in [0.05, 0.1) is 18.6 Å². The van der Waals surface area contributed by atoms with Gasteiger partial charge in [0.25, 0.3) is 0 Å². The Balaban J connectivity index is 1.72. The van der Waals surface area contributed by atoms with Gasteiger partial charge in [0.1, 0.15) is 10.9 Å². The molecular formula is C21H29ClN6O2. The molecule has 1 aromatic carbocycles. The number of nitrogens with one attached hydrogen (secondary N) is 1. The number of carbonyl (C=O) groups excluding carboxylic acids is 1. The Morgan fingerprint density at radius 2 is 2.03 bits per heavy atom. The molecule has 0 saturated heterocycles. The molecule has 0 aliphatic rings. The van der Waals surface area contributed by atoms with E-state index >= 15 is 0 Å². The third kappa shape index (κ3) is 7.11. The lowest BCUT2D eigenvalue weighted by Crippen LogP contribution is -2.24. The van der Waals surface area contributed by atoms with Crippen molar-refractivity contribution in [3.8, 4) is 0 Å². The average Bonchev–Trinajstić information content (AvgIpc) is 3.08. The first-order valence-corrected chi connectivity index (χ1v) is 10.0. The van der Waals surface area contributed by atoms with Crippen LogP contribution in [-0.2, 0) is 17.8 Å². The van der Waals surface area contributed by atoms with Crippen LogP contribution in [0.25, 0.3) is 5.70 Å². The van der Waals surface area contributed by atoms with Crippen molar-refractivity contribution in [3.05, 3.63) is 48.4 Å². The summed E-state index contributed by atoms with van der Waals surface area (Å²) in [5, 5.41) is 3.14. The van der Waals surface area contributed by atoms with E-state index in [0.29, 0.717) is 48.5 Å². The zero-order chi connectivity index (χ0) is 22.1. The normalized spacial score (nSPS) is 11.3. The molecule has 8 nitrogen and oxygen atoms in total. The van der Waals surface area contributed by atoms with Crippen LogP contribution >= 0.6 is 11.6 Å². The number of benzene rings is 1. The van der Waals surface area contributed by atoms with E-state index in [1.54, 1.807) is 13.3 Å². The van der Waals surface area contributed by atoms with E-state index in [1.165, 1.54) is 0 Å². The maximum Gasteiger partial charge on any atom is 0.407 e. The van der Waals surface area contributed by atoms with Gasteiger partial charge in [-0.2, -0.15) is 0 Å². The number of amides is 1. The SMILES string of the molecule is C=C(N)c1ncn(CCCCOC(=O)NCc2ccc(N(C)C)cc2)c1/N=C(\C)Cl. The van der Waals surface area contributed by atoms with E-state index < -0.39 is 6.09 Å². The number of imidazole rings is 1. The molecule has 0 radical (unpaired) electrons. The summed E-state index contributed by atoms with van der Waals surface area (Å²) in [4.78, 5) is 22.4. The molecule has 0 unspecified atom stereocenters. The fourth-order valence-electron chi connectivity index (χ4n) is 2.72. The van der Waals surface area contributed by atoms with Gasteiger partial charge in [-0.05, 0) is 37.5 Å². The van der Waals surface area contributed by atoms with Crippen LogP contribution in [0.5, 0.6) is 0 Å². The first-order chi connectivity index (χ1) is 14.3. The third-order valence-electron chi connectivity index (χ3n) is 4.29. The van der Waals surface area contributed by atoms with Crippen molar-refractivity contribution in [1.29, 1.82) is 0 Å². The first-order valence-electron chi connectivity index (χ1n) is 9.65. The molecule has 3 N–H and O–H groups in total. The number of ether oxygens (including phenoxy) is 1. The van der Waals surface area contributed by atoms with Crippen LogP contribution in [0, 0.1) is 0 Å². The molecule has 0 bridgehead atoms. The van der Waals surface area contributed by atoms with Gasteiger partial charge in [-0.3, -0.25) is 0 Å². The number of unbranched alkanes of at least 4 members (excludes halogenated alkanes) is 1. The maximum absolute atomic E-state index is 11.9. The molecule has 1 aromatic heterocycles. The molecule has 0 saturated carbocycles. The van der Waals surface area contributed by atoms with Crippen molar-refractivity contribution in [2.24, 2.45) is 10.7 Å². The summed E-state index contributed by atoms with van der Waals surface area (Å²) >= 11 is 5.90. The largest absolute Gasteiger partial charge is 0.450 e. The van der Waals surface area contributed by atoms with Crippen LogP contribution in [0.2, 0.25) is 0 Å². The highest BCUT2D eigenvalue weighted by Gasteiger charge is 2.12. The van der Waals surface area contributed by atoms with Crippen LogP contribution in [-0.4, -0.2) is 41.5 Å². The monoisotopic (exact) mass is 432 g/mol. The lowest BCUT2D eigenvalue weighted by Gasteiger charge is -2.13. The molecule has 0 fully saturated rings. The fourth-order valence-corrected chi connectivity index (χ4v) is 2.80. The number of aryl methyl sites for hydroxylation is 1. The van der Waals surface area contributed by atoms with E-state index in [9.17, 15) is 4.79 Å². The van der Waals surface area contributed by atoms with Crippen molar-refractivity contribution < 1.29 is 9.53 Å². The molecule has 30 heavy (non-hydrogen) atoms. The summed E-state index contributed by atoms with van der Waals surface area (Å²) in [5.41, 5.74) is 8.73. The second kappa shape index (κ2) is 11.3. The number of nitrogens with two attached hydrogens (primary N) is 1. The number of hydrogen-bond acceptors (Lipinski definition) is 6. The molecule has 0 spiro atoms. The summed E-state index contributed by atoms with van der Waals surface area (Å²) in [6.45, 7) is 6.79. The van der Waals surface area contributed by atoms with Gasteiger partial charge < -0.3 is 25.3 Å². The van der Waals surface area contributed by atoms with E-state index in [-0.39, 0.29) is 0 Å². The fraction of sp³-hybridized carbons (Fsp3) is 0.381. The van der Waals surface area contributed by atoms with Crippen LogP contribution in [0.3, 0.4) is 0 Å². The molecular weight excluding hydrogens is 404 g/mol. The predicted octanol–water partition coefficient (Wildman–Crippen LogP) is 3.87. The average molecular weight is 433 g/mol. The molecule has 2 rings (SSSR count). The molecule has 2 aromatic rings. The van der Waals surface area contributed by atoms with Crippen molar-refractivity contribution in [3.63, 3.8) is 0 Å². The highest BCUT2D eigenvalue weighted by atomic mass is 35.5. The Bertz CT molecular complexity index is 885. The predicted molar refractivity (Wildman–Crippen MR) is 122 cm³/mol. The van der Waals surface area contributed by atoms with Gasteiger partial charge in [-0.1, -0.05) is 30.3 Å². The number of rotatable bonds is 10. The zero-order valence-electron chi connectivity index (χ0n) is 17.7. The quantitative estimate of drug-likeness (QED) is 0.438. The maximum atomic E-state index is 11.9. The Morgan fingerprint density at radius 3 is 2.63 bits per heavy atom. The van der Waals surface area contributed by atoms with Gasteiger partial charge in [0, 0.05) is 32.9 Å². The molecule has 1 heterocycles. The van der Waals surface area contributed by atoms with E-state index in [1.807, 2.05) is 47.8 Å². The zero-order valence-corrected chi connectivity index (χ0v) is 18.4. The second-order valence-corrected chi connectivity index (χ2v) is 7.55. The van der Waals surface area contributed by atoms with E-state index in [2.05, 4.69) is 21.9 Å². The first kappa shape index (κ1) is 23.3. The van der Waals surface area contributed by atoms with Gasteiger partial charge in [0.2, 0.25) is 0 Å². The number of alkyl carbamates (subject to hydrolysis) is 1. The summed E-state index contributed by atoms with van der Waals surface area (Å²) in [6.07, 6.45) is 2.70.